The zero-order valence-electron chi connectivity index (χ0n) is 15.6. The number of ether oxygens (including phenoxy) is 1. The minimum Gasteiger partial charge on any atom is -0.504 e. The van der Waals surface area contributed by atoms with Gasteiger partial charge in [-0.1, -0.05) is 25.1 Å². The van der Waals surface area contributed by atoms with E-state index in [0.29, 0.717) is 30.7 Å². The second-order valence-corrected chi connectivity index (χ2v) is 5.93. The monoisotopic (exact) mass is 474 g/mol. The summed E-state index contributed by atoms with van der Waals surface area (Å²) in [5.41, 5.74) is 1.82. The van der Waals surface area contributed by atoms with Gasteiger partial charge in [0.05, 0.1) is 25.9 Å². The van der Waals surface area contributed by atoms with Crippen LogP contribution in [0, 0.1) is 0 Å². The quantitative estimate of drug-likeness (QED) is 0.324. The van der Waals surface area contributed by atoms with Gasteiger partial charge in [0, 0.05) is 12.6 Å². The number of phenolic OH excluding ortho intramolecular Hbond substituents is 1. The normalized spacial score (nSPS) is 11.2. The van der Waals surface area contributed by atoms with Crippen LogP contribution < -0.4 is 15.4 Å². The number of methoxy groups -OCH3 is 1. The van der Waals surface area contributed by atoms with Crippen molar-refractivity contribution >= 4 is 29.9 Å². The fourth-order valence-corrected chi connectivity index (χ4v) is 2.20. The largest absolute Gasteiger partial charge is 0.504 e. The number of hydrogen-bond acceptors (Lipinski definition) is 5. The maximum atomic E-state index is 9.84. The van der Waals surface area contributed by atoms with Crippen molar-refractivity contribution in [1.29, 1.82) is 0 Å². The zero-order valence-corrected chi connectivity index (χ0v) is 17.9. The van der Waals surface area contributed by atoms with Crippen LogP contribution in [0.15, 0.2) is 33.8 Å². The molecule has 7 nitrogen and oxygen atoms in total. The second-order valence-electron chi connectivity index (χ2n) is 5.93. The van der Waals surface area contributed by atoms with E-state index in [1.807, 2.05) is 19.1 Å². The van der Waals surface area contributed by atoms with Gasteiger partial charge in [-0.05, 0) is 30.5 Å². The van der Waals surface area contributed by atoms with Gasteiger partial charge in [-0.3, -0.25) is 0 Å². The van der Waals surface area contributed by atoms with E-state index in [1.54, 1.807) is 12.1 Å². The maximum Gasteiger partial charge on any atom is 0.191 e. The molecule has 0 atom stereocenters. The summed E-state index contributed by atoms with van der Waals surface area (Å²) in [7, 11) is 1.52. The average Bonchev–Trinajstić information content (AvgIpc) is 3.07. The number of nitrogens with zero attached hydrogens (tertiary/aromatic N) is 2. The highest BCUT2D eigenvalue weighted by atomic mass is 127. The lowest BCUT2D eigenvalue weighted by molar-refractivity contribution is 0.372. The Kier molecular flexibility index (Phi) is 9.25. The third kappa shape index (κ3) is 6.40. The predicted molar refractivity (Wildman–Crippen MR) is 112 cm³/mol. The van der Waals surface area contributed by atoms with Gasteiger partial charge in [0.15, 0.2) is 23.2 Å². The Bertz CT molecular complexity index is 716. The highest BCUT2D eigenvalue weighted by Crippen LogP contribution is 2.26. The highest BCUT2D eigenvalue weighted by Gasteiger charge is 2.08. The Labute approximate surface area is 171 Å². The summed E-state index contributed by atoms with van der Waals surface area (Å²) in [5, 5.41) is 20.3. The number of aromatic nitrogens is 1. The Morgan fingerprint density at radius 2 is 2.08 bits per heavy atom. The van der Waals surface area contributed by atoms with Gasteiger partial charge >= 0.3 is 0 Å². The lowest BCUT2D eigenvalue weighted by Crippen LogP contribution is -2.36. The van der Waals surface area contributed by atoms with Crippen LogP contribution in [-0.2, 0) is 13.1 Å². The Hall–Kier alpha value is -1.97. The first kappa shape index (κ1) is 22.1. The van der Waals surface area contributed by atoms with Crippen LogP contribution >= 0.6 is 24.0 Å². The van der Waals surface area contributed by atoms with Gasteiger partial charge in [-0.2, -0.15) is 0 Å². The number of halogens is 1. The summed E-state index contributed by atoms with van der Waals surface area (Å²) in [4.78, 5) is 4.52. The fraction of sp³-hybridized carbons (Fsp3) is 0.444. The Balaban J connectivity index is 0.00000338. The molecule has 0 amide bonds. The van der Waals surface area contributed by atoms with Gasteiger partial charge in [0.2, 0.25) is 0 Å². The number of guanidine groups is 1. The van der Waals surface area contributed by atoms with Gasteiger partial charge in [0.1, 0.15) is 0 Å². The zero-order chi connectivity index (χ0) is 18.2. The predicted octanol–water partition coefficient (Wildman–Crippen LogP) is 3.39. The summed E-state index contributed by atoms with van der Waals surface area (Å²) >= 11 is 0. The third-order valence-electron chi connectivity index (χ3n) is 3.61. The summed E-state index contributed by atoms with van der Waals surface area (Å²) in [5.74, 6) is 2.32. The molecule has 0 fully saturated rings. The van der Waals surface area contributed by atoms with Crippen molar-refractivity contribution < 1.29 is 14.4 Å². The lowest BCUT2D eigenvalue weighted by atomic mass is 10.1. The minimum atomic E-state index is 0. The molecule has 1 aromatic carbocycles. The molecule has 0 saturated heterocycles. The molecule has 8 heteroatoms. The van der Waals surface area contributed by atoms with Crippen molar-refractivity contribution in [2.24, 2.45) is 4.99 Å². The van der Waals surface area contributed by atoms with Crippen molar-refractivity contribution in [1.82, 2.24) is 15.8 Å². The molecule has 2 rings (SSSR count). The van der Waals surface area contributed by atoms with E-state index in [9.17, 15) is 5.11 Å². The topological polar surface area (TPSA) is 91.9 Å². The first-order valence-corrected chi connectivity index (χ1v) is 8.37. The maximum absolute atomic E-state index is 9.84. The number of benzene rings is 1. The molecule has 0 aliphatic rings. The number of phenols is 1. The number of hydrogen-bond donors (Lipinski definition) is 3. The Morgan fingerprint density at radius 1 is 1.31 bits per heavy atom. The van der Waals surface area contributed by atoms with E-state index < -0.39 is 0 Å². The smallest absolute Gasteiger partial charge is 0.191 e. The van der Waals surface area contributed by atoms with E-state index in [2.05, 4.69) is 34.6 Å². The molecular weight excluding hydrogens is 447 g/mol. The molecule has 0 spiro atoms. The van der Waals surface area contributed by atoms with Gasteiger partial charge in [-0.25, -0.2) is 4.99 Å². The third-order valence-corrected chi connectivity index (χ3v) is 3.61. The average molecular weight is 474 g/mol. The van der Waals surface area contributed by atoms with Crippen molar-refractivity contribution in [3.05, 3.63) is 41.3 Å². The SMILES string of the molecule is CCNC(=NCc1ccc(OC)c(O)c1)NCc1cc(C(C)C)no1.I. The van der Waals surface area contributed by atoms with Crippen LogP contribution in [0.1, 0.15) is 43.7 Å². The van der Waals surface area contributed by atoms with E-state index in [4.69, 9.17) is 9.26 Å². The molecule has 0 bridgehead atoms. The van der Waals surface area contributed by atoms with Crippen LogP contribution in [0.2, 0.25) is 0 Å². The van der Waals surface area contributed by atoms with Gasteiger partial charge in [-0.15, -0.1) is 24.0 Å². The van der Waals surface area contributed by atoms with Crippen molar-refractivity contribution in [3.63, 3.8) is 0 Å². The first-order chi connectivity index (χ1) is 12.0. The van der Waals surface area contributed by atoms with Crippen molar-refractivity contribution in [2.75, 3.05) is 13.7 Å². The summed E-state index contributed by atoms with van der Waals surface area (Å²) in [6, 6.07) is 7.19. The summed E-state index contributed by atoms with van der Waals surface area (Å²) in [6.45, 7) is 7.82. The first-order valence-electron chi connectivity index (χ1n) is 8.37. The van der Waals surface area contributed by atoms with Crippen LogP contribution in [0.3, 0.4) is 0 Å². The number of aliphatic imine (C=N–C) groups is 1. The molecule has 0 saturated carbocycles. The fourth-order valence-electron chi connectivity index (χ4n) is 2.20. The number of nitrogens with one attached hydrogen (secondary N) is 2. The minimum absolute atomic E-state index is 0. The standard InChI is InChI=1S/C18H26N4O3.HI/c1-5-19-18(21-11-14-9-15(12(2)3)22-25-14)20-10-13-6-7-17(24-4)16(23)8-13;/h6-9,12,23H,5,10-11H2,1-4H3,(H2,19,20,21);1H. The van der Waals surface area contributed by atoms with E-state index in [1.165, 1.54) is 7.11 Å². The molecule has 26 heavy (non-hydrogen) atoms. The molecule has 1 heterocycles. The van der Waals surface area contributed by atoms with Crippen LogP contribution in [0.4, 0.5) is 0 Å². The molecule has 0 radical (unpaired) electrons. The number of aromatic hydroxyl groups is 1. The molecular formula is C18H27IN4O3. The number of rotatable bonds is 7. The molecule has 0 aliphatic heterocycles. The van der Waals surface area contributed by atoms with Gasteiger partial charge in [0.25, 0.3) is 0 Å². The summed E-state index contributed by atoms with van der Waals surface area (Å²) in [6.07, 6.45) is 0. The van der Waals surface area contributed by atoms with E-state index in [0.717, 1.165) is 23.6 Å². The molecule has 1 aromatic heterocycles. The molecule has 0 unspecified atom stereocenters. The molecule has 3 N–H and O–H groups in total. The van der Waals surface area contributed by atoms with Crippen LogP contribution in [0.25, 0.3) is 0 Å². The van der Waals surface area contributed by atoms with Gasteiger partial charge < -0.3 is 25.0 Å². The van der Waals surface area contributed by atoms with E-state index >= 15 is 0 Å². The second kappa shape index (κ2) is 10.9. The molecule has 0 aliphatic carbocycles. The molecule has 2 aromatic rings. The van der Waals surface area contributed by atoms with Crippen molar-refractivity contribution in [2.45, 2.75) is 39.8 Å². The Morgan fingerprint density at radius 3 is 2.65 bits per heavy atom. The molecule has 144 valence electrons. The summed E-state index contributed by atoms with van der Waals surface area (Å²) < 4.78 is 10.4. The lowest BCUT2D eigenvalue weighted by Gasteiger charge is -2.10. The van der Waals surface area contributed by atoms with Crippen LogP contribution in [-0.4, -0.2) is 29.9 Å². The van der Waals surface area contributed by atoms with E-state index in [-0.39, 0.29) is 29.7 Å². The van der Waals surface area contributed by atoms with Crippen LogP contribution in [0.5, 0.6) is 11.5 Å². The highest BCUT2D eigenvalue weighted by molar-refractivity contribution is 14.0. The van der Waals surface area contributed by atoms with Crippen molar-refractivity contribution in [3.8, 4) is 11.5 Å².